The zero-order chi connectivity index (χ0) is 29.5. The van der Waals surface area contributed by atoms with E-state index in [0.717, 1.165) is 67.3 Å². The van der Waals surface area contributed by atoms with Crippen molar-refractivity contribution in [3.05, 3.63) is 107 Å². The number of aryl methyl sites for hydroxylation is 3. The first-order chi connectivity index (χ1) is 20.3. The molecule has 4 aromatic carbocycles. The van der Waals surface area contributed by atoms with Crippen molar-refractivity contribution in [3.8, 4) is 5.75 Å². The van der Waals surface area contributed by atoms with Gasteiger partial charge in [0.2, 0.25) is 5.91 Å². The van der Waals surface area contributed by atoms with Crippen LogP contribution in [0.5, 0.6) is 5.75 Å². The summed E-state index contributed by atoms with van der Waals surface area (Å²) in [6.45, 7) is 8.27. The zero-order valence-electron chi connectivity index (χ0n) is 24.3. The molecule has 0 spiro atoms. The number of rotatable bonds is 11. The van der Waals surface area contributed by atoms with Crippen molar-refractivity contribution >= 4 is 26.7 Å². The predicted octanol–water partition coefficient (Wildman–Crippen LogP) is 5.35. The van der Waals surface area contributed by atoms with E-state index >= 15 is 0 Å². The number of sulfonamides is 1. The lowest BCUT2D eigenvalue weighted by Gasteiger charge is -2.27. The van der Waals surface area contributed by atoms with E-state index in [-0.39, 0.29) is 11.3 Å². The lowest BCUT2D eigenvalue weighted by Crippen LogP contribution is -2.35. The Bertz CT molecular complexity index is 1660. The van der Waals surface area contributed by atoms with Crippen molar-refractivity contribution in [1.82, 2.24) is 9.62 Å². The maximum Gasteiger partial charge on any atom is 0.264 e. The zero-order valence-corrected chi connectivity index (χ0v) is 25.1. The molecule has 220 valence electrons. The van der Waals surface area contributed by atoms with Crippen LogP contribution in [-0.2, 0) is 38.9 Å². The fourth-order valence-corrected chi connectivity index (χ4v) is 6.22. The number of carbonyl (C=O) groups is 1. The Balaban J connectivity index is 1.26. The van der Waals surface area contributed by atoms with Crippen LogP contribution >= 0.6 is 0 Å². The Hall–Kier alpha value is -3.72. The third-order valence-electron chi connectivity index (χ3n) is 7.76. The number of ether oxygens (including phenoxy) is 2. The summed E-state index contributed by atoms with van der Waals surface area (Å²) in [4.78, 5) is 15.2. The molecule has 8 heteroatoms. The van der Waals surface area contributed by atoms with E-state index in [4.69, 9.17) is 9.47 Å². The van der Waals surface area contributed by atoms with E-state index in [0.29, 0.717) is 13.0 Å². The SMILES string of the molecule is Cc1ccc(S(=O)(=O)NC(=O)CCc2ccc(CN3CCOCC3)cc2OCCc2ccc3ccccc3c2)cc1C. The monoisotopic (exact) mass is 586 g/mol. The quantitative estimate of drug-likeness (QED) is 0.255. The maximum atomic E-state index is 12.8. The van der Waals surface area contributed by atoms with Crippen LogP contribution in [0.1, 0.15) is 34.2 Å². The van der Waals surface area contributed by atoms with E-state index < -0.39 is 15.9 Å². The first-order valence-electron chi connectivity index (χ1n) is 14.4. The molecule has 1 heterocycles. The van der Waals surface area contributed by atoms with Gasteiger partial charge in [-0.3, -0.25) is 9.69 Å². The summed E-state index contributed by atoms with van der Waals surface area (Å²) in [6.07, 6.45) is 1.12. The van der Waals surface area contributed by atoms with Crippen LogP contribution < -0.4 is 9.46 Å². The fraction of sp³-hybridized carbons (Fsp3) is 0.324. The molecule has 4 aromatic rings. The average molecular weight is 587 g/mol. The van der Waals surface area contributed by atoms with Gasteiger partial charge in [-0.2, -0.15) is 0 Å². The van der Waals surface area contributed by atoms with Gasteiger partial charge >= 0.3 is 0 Å². The van der Waals surface area contributed by atoms with Crippen molar-refractivity contribution < 1.29 is 22.7 Å². The summed E-state index contributed by atoms with van der Waals surface area (Å²) in [5.41, 5.74) is 5.04. The molecule has 0 atom stereocenters. The lowest BCUT2D eigenvalue weighted by atomic mass is 10.0. The minimum Gasteiger partial charge on any atom is -0.493 e. The number of fused-ring (bicyclic) bond motifs is 1. The summed E-state index contributed by atoms with van der Waals surface area (Å²) < 4.78 is 39.6. The molecule has 0 unspecified atom stereocenters. The number of amides is 1. The van der Waals surface area contributed by atoms with Crippen LogP contribution in [0.4, 0.5) is 0 Å². The summed E-state index contributed by atoms with van der Waals surface area (Å²) in [5.74, 6) is 0.180. The van der Waals surface area contributed by atoms with Crippen LogP contribution in [0, 0.1) is 13.8 Å². The second kappa shape index (κ2) is 13.5. The number of hydrogen-bond acceptors (Lipinski definition) is 6. The molecule has 1 aliphatic heterocycles. The summed E-state index contributed by atoms with van der Waals surface area (Å²) >= 11 is 0. The van der Waals surface area contributed by atoms with Gasteiger partial charge in [0.1, 0.15) is 5.75 Å². The van der Waals surface area contributed by atoms with Gasteiger partial charge < -0.3 is 9.47 Å². The average Bonchev–Trinajstić information content (AvgIpc) is 2.98. The molecule has 1 fully saturated rings. The Labute approximate surface area is 248 Å². The second-order valence-corrected chi connectivity index (χ2v) is 12.6. The van der Waals surface area contributed by atoms with E-state index in [9.17, 15) is 13.2 Å². The van der Waals surface area contributed by atoms with Crippen molar-refractivity contribution in [2.45, 2.75) is 44.6 Å². The third kappa shape index (κ3) is 7.76. The topological polar surface area (TPSA) is 84.9 Å². The number of morpholine rings is 1. The van der Waals surface area contributed by atoms with Gasteiger partial charge in [-0.25, -0.2) is 13.1 Å². The van der Waals surface area contributed by atoms with E-state index in [1.165, 1.54) is 22.4 Å². The van der Waals surface area contributed by atoms with Crippen LogP contribution in [0.25, 0.3) is 10.8 Å². The molecular formula is C34H38N2O5S. The molecule has 42 heavy (non-hydrogen) atoms. The first kappa shape index (κ1) is 29.8. The Morgan fingerprint density at radius 1 is 0.857 bits per heavy atom. The van der Waals surface area contributed by atoms with Gasteiger partial charge in [-0.05, 0) is 77.1 Å². The molecular weight excluding hydrogens is 548 g/mol. The molecule has 0 saturated carbocycles. The minimum atomic E-state index is -3.94. The molecule has 1 saturated heterocycles. The minimum absolute atomic E-state index is 0.0217. The van der Waals surface area contributed by atoms with Crippen LogP contribution in [0.15, 0.2) is 83.8 Å². The van der Waals surface area contributed by atoms with Gasteiger partial charge in [0.15, 0.2) is 0 Å². The third-order valence-corrected chi connectivity index (χ3v) is 9.13. The number of benzene rings is 4. The Morgan fingerprint density at radius 3 is 2.40 bits per heavy atom. The lowest BCUT2D eigenvalue weighted by molar-refractivity contribution is -0.119. The molecule has 0 aromatic heterocycles. The highest BCUT2D eigenvalue weighted by Crippen LogP contribution is 2.25. The molecule has 1 N–H and O–H groups in total. The standard InChI is InChI=1S/C34H38N2O5S/c1-25-7-13-32(21-26(25)2)42(38,39)35-34(37)14-12-30-11-9-28(24-36-16-19-40-20-17-36)23-33(30)41-18-15-27-8-10-29-5-3-4-6-31(29)22-27/h3-11,13,21-23H,12,14-20,24H2,1-2H3,(H,35,37). The van der Waals surface area contributed by atoms with Crippen molar-refractivity contribution in [3.63, 3.8) is 0 Å². The predicted molar refractivity (Wildman–Crippen MR) is 165 cm³/mol. The second-order valence-electron chi connectivity index (χ2n) is 10.9. The van der Waals surface area contributed by atoms with Gasteiger partial charge in [0, 0.05) is 32.5 Å². The molecule has 1 amide bonds. The molecule has 0 radical (unpaired) electrons. The summed E-state index contributed by atoms with van der Waals surface area (Å²) in [6, 6.07) is 25.7. The van der Waals surface area contributed by atoms with Gasteiger partial charge in [0.25, 0.3) is 10.0 Å². The Kier molecular flexibility index (Phi) is 9.57. The number of carbonyl (C=O) groups excluding carboxylic acids is 1. The van der Waals surface area contributed by atoms with Gasteiger partial charge in [0.05, 0.1) is 24.7 Å². The van der Waals surface area contributed by atoms with E-state index in [2.05, 4.69) is 52.1 Å². The number of hydrogen-bond donors (Lipinski definition) is 1. The van der Waals surface area contributed by atoms with Crippen molar-refractivity contribution in [2.75, 3.05) is 32.9 Å². The van der Waals surface area contributed by atoms with Crippen LogP contribution in [0.3, 0.4) is 0 Å². The van der Waals surface area contributed by atoms with Crippen LogP contribution in [-0.4, -0.2) is 52.1 Å². The number of nitrogens with one attached hydrogen (secondary N) is 1. The number of nitrogens with zero attached hydrogens (tertiary/aromatic N) is 1. The highest BCUT2D eigenvalue weighted by atomic mass is 32.2. The van der Waals surface area contributed by atoms with Crippen LogP contribution in [0.2, 0.25) is 0 Å². The van der Waals surface area contributed by atoms with Crippen molar-refractivity contribution in [2.24, 2.45) is 0 Å². The fourth-order valence-electron chi connectivity index (χ4n) is 5.12. The maximum absolute atomic E-state index is 12.8. The Morgan fingerprint density at radius 2 is 1.62 bits per heavy atom. The highest BCUT2D eigenvalue weighted by Gasteiger charge is 2.19. The van der Waals surface area contributed by atoms with Gasteiger partial charge in [-0.15, -0.1) is 0 Å². The normalized spacial score (nSPS) is 14.1. The molecule has 5 rings (SSSR count). The largest absolute Gasteiger partial charge is 0.493 e. The molecule has 1 aliphatic rings. The summed E-state index contributed by atoms with van der Waals surface area (Å²) in [5, 5.41) is 2.41. The molecule has 0 bridgehead atoms. The molecule has 0 aliphatic carbocycles. The smallest absolute Gasteiger partial charge is 0.264 e. The van der Waals surface area contributed by atoms with E-state index in [1.807, 2.05) is 32.0 Å². The van der Waals surface area contributed by atoms with Crippen molar-refractivity contribution in [1.29, 1.82) is 0 Å². The summed E-state index contributed by atoms with van der Waals surface area (Å²) in [7, 11) is -3.94. The molecule has 7 nitrogen and oxygen atoms in total. The first-order valence-corrected chi connectivity index (χ1v) is 15.9. The highest BCUT2D eigenvalue weighted by molar-refractivity contribution is 7.90. The van der Waals surface area contributed by atoms with E-state index in [1.54, 1.807) is 12.1 Å². The van der Waals surface area contributed by atoms with Gasteiger partial charge in [-0.1, -0.05) is 60.7 Å².